The Kier molecular flexibility index (Phi) is 4.57. The lowest BCUT2D eigenvalue weighted by atomic mass is 10.1. The molecule has 0 N–H and O–H groups in total. The summed E-state index contributed by atoms with van der Waals surface area (Å²) in [4.78, 5) is 6.97. The van der Waals surface area contributed by atoms with E-state index in [1.807, 2.05) is 18.2 Å². The predicted molar refractivity (Wildman–Crippen MR) is 110 cm³/mol. The van der Waals surface area contributed by atoms with Gasteiger partial charge in [0.15, 0.2) is 15.0 Å². The van der Waals surface area contributed by atoms with Crippen molar-refractivity contribution in [3.63, 3.8) is 0 Å². The molecule has 0 bridgehead atoms. The third kappa shape index (κ3) is 3.40. The van der Waals surface area contributed by atoms with Crippen molar-refractivity contribution in [1.82, 2.24) is 0 Å². The molecule has 2 unspecified atom stereocenters. The van der Waals surface area contributed by atoms with Crippen LogP contribution in [-0.4, -0.2) is 37.2 Å². The number of fused-ring (bicyclic) bond motifs is 1. The number of benzene rings is 2. The molecule has 1 saturated heterocycles. The van der Waals surface area contributed by atoms with E-state index >= 15 is 0 Å². The summed E-state index contributed by atoms with van der Waals surface area (Å²) in [6, 6.07) is 16.4. The average molecular weight is 387 g/mol. The molecule has 0 saturated carbocycles. The minimum absolute atomic E-state index is 0.0836. The highest BCUT2D eigenvalue weighted by Gasteiger charge is 2.47. The number of sulfone groups is 1. The third-order valence-corrected chi connectivity index (χ3v) is 7.67. The van der Waals surface area contributed by atoms with Crippen molar-refractivity contribution in [2.75, 3.05) is 16.4 Å². The largest absolute Gasteiger partial charge is 0.315 e. The minimum atomic E-state index is -3.02. The van der Waals surface area contributed by atoms with Crippen molar-refractivity contribution in [2.45, 2.75) is 31.7 Å². The van der Waals surface area contributed by atoms with Gasteiger partial charge in [-0.25, -0.2) is 8.42 Å². The monoisotopic (exact) mass is 386 g/mol. The molecule has 136 valence electrons. The Morgan fingerprint density at radius 3 is 2.62 bits per heavy atom. The second kappa shape index (κ2) is 6.74. The van der Waals surface area contributed by atoms with Crippen LogP contribution in [0.25, 0.3) is 0 Å². The van der Waals surface area contributed by atoms with E-state index in [4.69, 9.17) is 4.99 Å². The lowest BCUT2D eigenvalue weighted by Gasteiger charge is -2.28. The van der Waals surface area contributed by atoms with E-state index < -0.39 is 9.84 Å². The molecular formula is C20H22N2O2S2. The highest BCUT2D eigenvalue weighted by atomic mass is 32.2. The minimum Gasteiger partial charge on any atom is -0.315 e. The number of amidine groups is 1. The molecule has 2 aromatic carbocycles. The predicted octanol–water partition coefficient (Wildman–Crippen LogP) is 3.58. The molecule has 0 spiro atoms. The second-order valence-corrected chi connectivity index (χ2v) is 10.2. The second-order valence-electron chi connectivity index (χ2n) is 7.06. The summed E-state index contributed by atoms with van der Waals surface area (Å²) in [5.74, 6) is 1.17. The van der Waals surface area contributed by atoms with E-state index in [0.717, 1.165) is 22.2 Å². The van der Waals surface area contributed by atoms with E-state index in [1.54, 1.807) is 11.8 Å². The van der Waals surface area contributed by atoms with Crippen molar-refractivity contribution in [1.29, 1.82) is 0 Å². The van der Waals surface area contributed by atoms with Gasteiger partial charge in [0.1, 0.15) is 0 Å². The Balaban J connectivity index is 1.66. The van der Waals surface area contributed by atoms with Crippen LogP contribution in [0.4, 0.5) is 5.69 Å². The van der Waals surface area contributed by atoms with Crippen molar-refractivity contribution in [3.05, 3.63) is 65.2 Å². The van der Waals surface area contributed by atoms with Crippen molar-refractivity contribution >= 4 is 32.5 Å². The molecular weight excluding hydrogens is 364 g/mol. The van der Waals surface area contributed by atoms with Gasteiger partial charge < -0.3 is 4.90 Å². The summed E-state index contributed by atoms with van der Waals surface area (Å²) in [6.07, 6.45) is 0. The first-order chi connectivity index (χ1) is 12.4. The molecule has 0 aliphatic carbocycles. The lowest BCUT2D eigenvalue weighted by molar-refractivity contribution is 0.601. The Bertz CT molecular complexity index is 955. The number of hydrogen-bond acceptors (Lipinski definition) is 5. The molecule has 0 aromatic heterocycles. The van der Waals surface area contributed by atoms with Crippen LogP contribution in [0.2, 0.25) is 0 Å². The number of rotatable bonds is 3. The van der Waals surface area contributed by atoms with Crippen LogP contribution < -0.4 is 4.90 Å². The number of thioether (sulfide) groups is 1. The maximum Gasteiger partial charge on any atom is 0.164 e. The summed E-state index contributed by atoms with van der Waals surface area (Å²) >= 11 is 1.69. The molecule has 2 aliphatic rings. The third-order valence-electron chi connectivity index (χ3n) is 4.93. The lowest BCUT2D eigenvalue weighted by Crippen LogP contribution is -2.39. The number of aryl methyl sites for hydroxylation is 2. The van der Waals surface area contributed by atoms with Crippen molar-refractivity contribution in [3.8, 4) is 0 Å². The van der Waals surface area contributed by atoms with E-state index in [0.29, 0.717) is 0 Å². The van der Waals surface area contributed by atoms with Crippen LogP contribution in [0.3, 0.4) is 0 Å². The zero-order valence-electron chi connectivity index (χ0n) is 14.9. The Labute approximate surface area is 159 Å². The van der Waals surface area contributed by atoms with Crippen LogP contribution in [0.1, 0.15) is 16.7 Å². The first-order valence-corrected chi connectivity index (χ1v) is 11.5. The Morgan fingerprint density at radius 1 is 1.12 bits per heavy atom. The van der Waals surface area contributed by atoms with Crippen LogP contribution in [-0.2, 0) is 15.6 Å². The average Bonchev–Trinajstić information content (AvgIpc) is 3.06. The fourth-order valence-corrected chi connectivity index (χ4v) is 6.63. The topological polar surface area (TPSA) is 49.7 Å². The van der Waals surface area contributed by atoms with Gasteiger partial charge in [0, 0.05) is 11.4 Å². The molecule has 0 radical (unpaired) electrons. The quantitative estimate of drug-likeness (QED) is 0.809. The molecule has 0 amide bonds. The SMILES string of the molecule is Cc1ccc(N2C(SCc3ccccc3)=NC3CS(=O)(=O)CC32)c(C)c1. The molecule has 6 heteroatoms. The molecule has 2 aliphatic heterocycles. The molecule has 2 heterocycles. The Morgan fingerprint density at radius 2 is 1.88 bits per heavy atom. The fourth-order valence-electron chi connectivity index (χ4n) is 3.71. The van der Waals surface area contributed by atoms with E-state index in [-0.39, 0.29) is 23.6 Å². The molecule has 2 atom stereocenters. The van der Waals surface area contributed by atoms with E-state index in [1.165, 1.54) is 11.1 Å². The van der Waals surface area contributed by atoms with Gasteiger partial charge in [-0.05, 0) is 31.0 Å². The van der Waals surface area contributed by atoms with Crippen molar-refractivity contribution in [2.24, 2.45) is 4.99 Å². The number of nitrogens with zero attached hydrogens (tertiary/aromatic N) is 2. The van der Waals surface area contributed by atoms with Gasteiger partial charge in [-0.1, -0.05) is 59.8 Å². The van der Waals surface area contributed by atoms with Gasteiger partial charge in [0.25, 0.3) is 0 Å². The highest BCUT2D eigenvalue weighted by Crippen LogP contribution is 2.37. The number of aliphatic imine (C=N–C) groups is 1. The summed E-state index contributed by atoms with van der Waals surface area (Å²) < 4.78 is 24.3. The maximum atomic E-state index is 12.1. The maximum absolute atomic E-state index is 12.1. The Hall–Kier alpha value is -1.79. The van der Waals surface area contributed by atoms with Crippen LogP contribution >= 0.6 is 11.8 Å². The van der Waals surface area contributed by atoms with Gasteiger partial charge in [-0.15, -0.1) is 0 Å². The van der Waals surface area contributed by atoms with Gasteiger partial charge in [0.05, 0.1) is 23.6 Å². The van der Waals surface area contributed by atoms with Gasteiger partial charge in [-0.3, -0.25) is 4.99 Å². The van der Waals surface area contributed by atoms with Crippen molar-refractivity contribution < 1.29 is 8.42 Å². The molecule has 26 heavy (non-hydrogen) atoms. The first kappa shape index (κ1) is 17.6. The number of anilines is 1. The van der Waals surface area contributed by atoms with E-state index in [9.17, 15) is 8.42 Å². The summed E-state index contributed by atoms with van der Waals surface area (Å²) in [5.41, 5.74) is 4.67. The zero-order valence-corrected chi connectivity index (χ0v) is 16.6. The highest BCUT2D eigenvalue weighted by molar-refractivity contribution is 8.13. The summed E-state index contributed by atoms with van der Waals surface area (Å²) in [7, 11) is -3.02. The summed E-state index contributed by atoms with van der Waals surface area (Å²) in [6.45, 7) is 4.15. The van der Waals surface area contributed by atoms with Crippen LogP contribution in [0.5, 0.6) is 0 Å². The normalized spacial score (nSPS) is 23.8. The van der Waals surface area contributed by atoms with Gasteiger partial charge in [-0.2, -0.15) is 0 Å². The molecule has 2 aromatic rings. The molecule has 1 fully saturated rings. The van der Waals surface area contributed by atoms with Gasteiger partial charge >= 0.3 is 0 Å². The molecule has 4 rings (SSSR count). The number of hydrogen-bond donors (Lipinski definition) is 0. The molecule has 4 nitrogen and oxygen atoms in total. The first-order valence-electron chi connectivity index (χ1n) is 8.74. The van der Waals surface area contributed by atoms with Crippen LogP contribution in [0.15, 0.2) is 53.5 Å². The smallest absolute Gasteiger partial charge is 0.164 e. The van der Waals surface area contributed by atoms with Crippen LogP contribution in [0, 0.1) is 13.8 Å². The fraction of sp³-hybridized carbons (Fsp3) is 0.350. The zero-order chi connectivity index (χ0) is 18.3. The van der Waals surface area contributed by atoms with E-state index in [2.05, 4.69) is 49.1 Å². The van der Waals surface area contributed by atoms with Gasteiger partial charge in [0.2, 0.25) is 0 Å². The summed E-state index contributed by atoms with van der Waals surface area (Å²) in [5, 5.41) is 0.936. The standard InChI is InChI=1S/C20H22N2O2S2/c1-14-8-9-18(15(2)10-14)22-19-13-26(23,24)12-17(19)21-20(22)25-11-16-6-4-3-5-7-16/h3-10,17,19H,11-13H2,1-2H3.